The first kappa shape index (κ1) is 43.2. The number of hydrogen-bond donors (Lipinski definition) is 2. The number of rotatable bonds is 13. The van der Waals surface area contributed by atoms with Crippen molar-refractivity contribution in [2.24, 2.45) is 10.8 Å². The highest BCUT2D eigenvalue weighted by Gasteiger charge is 2.76. The van der Waals surface area contributed by atoms with Gasteiger partial charge in [-0.05, 0) is 44.4 Å². The minimum atomic E-state index is -1.59. The topological polar surface area (TPSA) is 185 Å². The molecule has 2 N–H and O–H groups in total. The largest absolute Gasteiger partial charge is 0.462 e. The van der Waals surface area contributed by atoms with Crippen LogP contribution in [-0.2, 0) is 69.6 Å². The molecule has 4 saturated heterocycles. The standard InChI is InChI=1S/C47H52N2O13/c1-44(2,3)59-35(52)22-20-32(26-50)48-43(55)46-24-33-36-37(61-47(60-36,30-15-8-6-9-16-30)31-17-10-7-11-18-31)39(46)62-49(38(46)41(53)57-33)25-29-14-12-13-28(23-29)19-21-34(51)58-40-42(54)56-27-45(40,4)5/h6-19,21,23,32-33,36-40,50H,20,22,24-27H2,1-5H3,(H,48,55). The van der Waals surface area contributed by atoms with Crippen molar-refractivity contribution in [2.45, 2.75) is 114 Å². The molecule has 8 atom stereocenters. The third kappa shape index (κ3) is 8.15. The first-order chi connectivity index (χ1) is 29.5. The number of hydrogen-bond acceptors (Lipinski definition) is 14. The van der Waals surface area contributed by atoms with Gasteiger partial charge in [0.05, 0.1) is 19.2 Å². The lowest BCUT2D eigenvalue weighted by Crippen LogP contribution is -2.70. The maximum Gasteiger partial charge on any atom is 0.348 e. The van der Waals surface area contributed by atoms with Crippen LogP contribution in [0.5, 0.6) is 0 Å². The summed E-state index contributed by atoms with van der Waals surface area (Å²) in [5.41, 5.74) is -0.316. The van der Waals surface area contributed by atoms with Gasteiger partial charge in [-0.25, -0.2) is 9.59 Å². The van der Waals surface area contributed by atoms with Crippen molar-refractivity contribution in [3.05, 3.63) is 113 Å². The van der Waals surface area contributed by atoms with Gasteiger partial charge >= 0.3 is 23.9 Å². The lowest BCUT2D eigenvalue weighted by atomic mass is 9.62. The second kappa shape index (κ2) is 16.7. The molecule has 3 aromatic carbocycles. The lowest BCUT2D eigenvalue weighted by Gasteiger charge is -2.49. The molecule has 15 nitrogen and oxygen atoms in total. The molecular formula is C47H52N2O13. The average Bonchev–Trinajstić information content (AvgIpc) is 3.90. The molecule has 5 aliphatic rings. The van der Waals surface area contributed by atoms with Gasteiger partial charge in [0.2, 0.25) is 17.8 Å². The van der Waals surface area contributed by atoms with Crippen LogP contribution in [0.25, 0.3) is 6.08 Å². The Balaban J connectivity index is 1.10. The van der Waals surface area contributed by atoms with Crippen molar-refractivity contribution in [1.29, 1.82) is 0 Å². The van der Waals surface area contributed by atoms with Crippen molar-refractivity contribution in [2.75, 3.05) is 13.2 Å². The smallest absolute Gasteiger partial charge is 0.348 e. The number of benzene rings is 3. The summed E-state index contributed by atoms with van der Waals surface area (Å²) in [6.07, 6.45) is -2.01. The zero-order chi connectivity index (χ0) is 44.0. The number of esters is 4. The molecule has 0 spiro atoms. The number of fused-ring (bicyclic) bond motifs is 4. The monoisotopic (exact) mass is 852 g/mol. The number of amides is 1. The summed E-state index contributed by atoms with van der Waals surface area (Å²) in [6, 6.07) is 23.8. The van der Waals surface area contributed by atoms with Crippen LogP contribution in [-0.4, -0.2) is 101 Å². The fourth-order valence-corrected chi connectivity index (χ4v) is 9.13. The Kier molecular flexibility index (Phi) is 11.6. The normalized spacial score (nSPS) is 28.7. The van der Waals surface area contributed by atoms with Crippen molar-refractivity contribution in [3.8, 4) is 0 Å². The third-order valence-electron chi connectivity index (χ3n) is 12.0. The highest BCUT2D eigenvalue weighted by atomic mass is 16.8. The Labute approximate surface area is 359 Å². The lowest BCUT2D eigenvalue weighted by molar-refractivity contribution is -0.213. The van der Waals surface area contributed by atoms with E-state index in [0.29, 0.717) is 22.3 Å². The summed E-state index contributed by atoms with van der Waals surface area (Å²) in [4.78, 5) is 73.8. The number of carbonyl (C=O) groups excluding carboxylic acids is 5. The molecule has 1 aliphatic carbocycles. The predicted molar refractivity (Wildman–Crippen MR) is 219 cm³/mol. The van der Waals surface area contributed by atoms with Gasteiger partial charge < -0.3 is 38.8 Å². The Morgan fingerprint density at radius 2 is 1.61 bits per heavy atom. The second-order valence-corrected chi connectivity index (χ2v) is 18.2. The minimum Gasteiger partial charge on any atom is -0.462 e. The van der Waals surface area contributed by atoms with Gasteiger partial charge in [0.25, 0.3) is 0 Å². The number of aliphatic hydroxyl groups excluding tert-OH is 1. The molecule has 3 aromatic rings. The SMILES string of the molecule is CC(C)(C)OC(=O)CCC(CO)NC(=O)C12CC3OC(=O)C1N(Cc1cccc(C=CC(=O)OC4C(=O)OCC4(C)C)c1)OC2C1OC(c2ccccc2)(c2ccccc2)OC31. The van der Waals surface area contributed by atoms with Crippen LogP contribution >= 0.6 is 0 Å². The van der Waals surface area contributed by atoms with E-state index in [1.54, 1.807) is 58.9 Å². The number of nitrogens with zero attached hydrogens (tertiary/aromatic N) is 1. The third-order valence-corrected chi connectivity index (χ3v) is 12.0. The summed E-state index contributed by atoms with van der Waals surface area (Å²) in [5.74, 6) is -4.51. The number of hydroxylamine groups is 2. The Morgan fingerprint density at radius 3 is 2.24 bits per heavy atom. The van der Waals surface area contributed by atoms with Gasteiger partial charge in [0.15, 0.2) is 6.04 Å². The second-order valence-electron chi connectivity index (χ2n) is 18.2. The van der Waals surface area contributed by atoms with E-state index in [2.05, 4.69) is 5.32 Å². The molecule has 328 valence electrons. The molecule has 0 radical (unpaired) electrons. The van der Waals surface area contributed by atoms with E-state index in [1.165, 1.54) is 11.1 Å². The summed E-state index contributed by atoms with van der Waals surface area (Å²) in [5, 5.41) is 14.9. The molecule has 8 rings (SSSR count). The molecule has 8 unspecified atom stereocenters. The number of nitrogens with one attached hydrogen (secondary N) is 1. The highest BCUT2D eigenvalue weighted by molar-refractivity contribution is 5.94. The fourth-order valence-electron chi connectivity index (χ4n) is 9.13. The first-order valence-corrected chi connectivity index (χ1v) is 20.9. The van der Waals surface area contributed by atoms with E-state index in [4.69, 9.17) is 33.3 Å². The quantitative estimate of drug-likeness (QED) is 0.141. The summed E-state index contributed by atoms with van der Waals surface area (Å²) in [6.45, 7) is 8.50. The number of ether oxygens (including phenoxy) is 6. The van der Waals surface area contributed by atoms with Crippen LogP contribution < -0.4 is 5.32 Å². The van der Waals surface area contributed by atoms with Crippen LogP contribution in [0.4, 0.5) is 0 Å². The van der Waals surface area contributed by atoms with Crippen molar-refractivity contribution in [3.63, 3.8) is 0 Å². The number of aliphatic hydroxyl groups is 1. The fraction of sp³-hybridized carbons (Fsp3) is 0.468. The predicted octanol–water partition coefficient (Wildman–Crippen LogP) is 4.28. The maximum absolute atomic E-state index is 15.0. The van der Waals surface area contributed by atoms with Crippen LogP contribution in [0, 0.1) is 10.8 Å². The van der Waals surface area contributed by atoms with E-state index in [0.717, 1.165) is 0 Å². The number of carbonyl (C=O) groups is 5. The summed E-state index contributed by atoms with van der Waals surface area (Å²) >= 11 is 0. The molecule has 5 fully saturated rings. The van der Waals surface area contributed by atoms with Crippen LogP contribution in [0.15, 0.2) is 91.0 Å². The Morgan fingerprint density at radius 1 is 0.935 bits per heavy atom. The Hall–Kier alpha value is -5.45. The molecule has 2 bridgehead atoms. The highest BCUT2D eigenvalue weighted by Crippen LogP contribution is 2.59. The van der Waals surface area contributed by atoms with Crippen LogP contribution in [0.1, 0.15) is 76.1 Å². The molecule has 15 heteroatoms. The summed E-state index contributed by atoms with van der Waals surface area (Å²) in [7, 11) is 0. The van der Waals surface area contributed by atoms with Crippen molar-refractivity contribution in [1.82, 2.24) is 10.4 Å². The van der Waals surface area contributed by atoms with Gasteiger partial charge in [-0.2, -0.15) is 5.06 Å². The van der Waals surface area contributed by atoms with Gasteiger partial charge in [-0.15, -0.1) is 0 Å². The molecule has 0 aromatic heterocycles. The molecule has 1 amide bonds. The zero-order valence-electron chi connectivity index (χ0n) is 35.3. The summed E-state index contributed by atoms with van der Waals surface area (Å²) < 4.78 is 36.2. The molecular weight excluding hydrogens is 801 g/mol. The van der Waals surface area contributed by atoms with Gasteiger partial charge in [-0.3, -0.25) is 19.2 Å². The molecule has 62 heavy (non-hydrogen) atoms. The first-order valence-electron chi connectivity index (χ1n) is 20.9. The zero-order valence-corrected chi connectivity index (χ0v) is 35.3. The van der Waals surface area contributed by atoms with Crippen molar-refractivity contribution < 1.29 is 62.3 Å². The van der Waals surface area contributed by atoms with E-state index >= 15 is 4.79 Å². The average molecular weight is 853 g/mol. The van der Waals surface area contributed by atoms with Gasteiger partial charge in [-0.1, -0.05) is 98.8 Å². The van der Waals surface area contributed by atoms with Crippen LogP contribution in [0.3, 0.4) is 0 Å². The van der Waals surface area contributed by atoms with Crippen molar-refractivity contribution >= 4 is 35.9 Å². The minimum absolute atomic E-state index is 0.00697. The molecule has 4 aliphatic heterocycles. The molecule has 1 saturated carbocycles. The van der Waals surface area contributed by atoms with Crippen LogP contribution in [0.2, 0.25) is 0 Å². The Bertz CT molecular complexity index is 2180. The van der Waals surface area contributed by atoms with Gasteiger partial charge in [0, 0.05) is 35.5 Å². The maximum atomic E-state index is 15.0. The van der Waals surface area contributed by atoms with E-state index in [9.17, 15) is 24.3 Å². The van der Waals surface area contributed by atoms with E-state index < -0.39 is 101 Å². The van der Waals surface area contributed by atoms with E-state index in [-0.39, 0.29) is 32.4 Å². The number of cyclic esters (lactones) is 1. The van der Waals surface area contributed by atoms with E-state index in [1.807, 2.05) is 66.7 Å². The van der Waals surface area contributed by atoms with Gasteiger partial charge in [0.1, 0.15) is 42.0 Å². The molecule has 4 heterocycles.